The number of benzene rings is 3. The van der Waals surface area contributed by atoms with Crippen LogP contribution in [-0.2, 0) is 21.3 Å². The minimum Gasteiger partial charge on any atom is -1.00 e. The van der Waals surface area contributed by atoms with Gasteiger partial charge in [0.05, 0.1) is 0 Å². The molecule has 0 nitrogen and oxygen atoms in total. The second kappa shape index (κ2) is 10.8. The van der Waals surface area contributed by atoms with Gasteiger partial charge in [-0.2, -0.15) is 0 Å². The summed E-state index contributed by atoms with van der Waals surface area (Å²) in [4.78, 5) is 0. The maximum absolute atomic E-state index is 2.51. The van der Waals surface area contributed by atoms with Crippen LogP contribution in [0.2, 0.25) is 0 Å². The van der Waals surface area contributed by atoms with E-state index in [0.717, 1.165) is 6.42 Å². The van der Waals surface area contributed by atoms with Crippen LogP contribution in [0.25, 0.3) is 11.1 Å². The number of halogens is 2. The number of allylic oxidation sites excluding steroid dienone is 4. The standard InChI is InChI=1S/C13H9.C9H10.C8H11.2ClH.Zr/c1-3-7-12-10(5-1)9-11-6-2-4-8-13(11)12;1-2-6-9-7-4-3-5-8-9;1-6-4-7(2)8(3)5-6;;;/h1-9H;3-5,7-8H,2H2,1H3;4,6H,1-3H3;2*1H;/q;;;;;+2/p-2. The molecule has 0 heterocycles. The summed E-state index contributed by atoms with van der Waals surface area (Å²) in [5.74, 6) is 0.555. The molecule has 0 aromatic heterocycles. The van der Waals surface area contributed by atoms with Crippen molar-refractivity contribution >= 4 is 3.21 Å². The van der Waals surface area contributed by atoms with E-state index >= 15 is 0 Å². The fourth-order valence-electron chi connectivity index (χ4n) is 5.73. The van der Waals surface area contributed by atoms with E-state index in [0.29, 0.717) is 9.54 Å². The summed E-state index contributed by atoms with van der Waals surface area (Å²) >= 11 is -2.37. The van der Waals surface area contributed by atoms with E-state index in [1.165, 1.54) is 22.3 Å². The van der Waals surface area contributed by atoms with Gasteiger partial charge in [0.1, 0.15) is 0 Å². The Labute approximate surface area is 218 Å². The summed E-state index contributed by atoms with van der Waals surface area (Å²) in [6, 6.07) is 29.7. The fraction of sp³-hybridized carbons (Fsp3) is 0.233. The van der Waals surface area contributed by atoms with Gasteiger partial charge in [-0.1, -0.05) is 0 Å². The SMILES string of the molecule is CC/[C](c1ccccc1)=[Zr+2](\[C]1=C(C)C(C)=CC1C)[CH]1c2ccccc2-c2ccccc21.[Cl-].[Cl-]. The van der Waals surface area contributed by atoms with E-state index in [9.17, 15) is 0 Å². The van der Waals surface area contributed by atoms with E-state index in [4.69, 9.17) is 0 Å². The van der Waals surface area contributed by atoms with E-state index in [1.54, 1.807) is 23.2 Å². The topological polar surface area (TPSA) is 0 Å². The summed E-state index contributed by atoms with van der Waals surface area (Å²) in [5, 5.41) is 0. The largest absolute Gasteiger partial charge is 1.00 e. The first-order valence-corrected chi connectivity index (χ1v) is 15.4. The zero-order valence-corrected chi connectivity index (χ0v) is 23.7. The minimum absolute atomic E-state index is 0. The third-order valence-corrected chi connectivity index (χ3v) is 16.8. The average Bonchev–Trinajstić information content (AvgIpc) is 3.26. The minimum atomic E-state index is -2.37. The normalized spacial score (nSPS) is 16.9. The molecule has 1 atom stereocenters. The molecule has 5 rings (SSSR count). The van der Waals surface area contributed by atoms with Gasteiger partial charge in [-0.3, -0.25) is 0 Å². The molecule has 1 unspecified atom stereocenters. The first-order valence-electron chi connectivity index (χ1n) is 11.5. The quantitative estimate of drug-likeness (QED) is 0.464. The molecular weight excluding hydrogens is 522 g/mol. The molecule has 0 saturated carbocycles. The van der Waals surface area contributed by atoms with E-state index in [-0.39, 0.29) is 24.8 Å². The van der Waals surface area contributed by atoms with E-state index in [2.05, 4.69) is 113 Å². The summed E-state index contributed by atoms with van der Waals surface area (Å²) in [5.41, 5.74) is 10.6. The van der Waals surface area contributed by atoms with Crippen LogP contribution >= 0.6 is 0 Å². The molecule has 0 fully saturated rings. The van der Waals surface area contributed by atoms with Crippen molar-refractivity contribution in [3.05, 3.63) is 116 Å². The number of hydrogen-bond donors (Lipinski definition) is 0. The maximum atomic E-state index is 2.51. The molecule has 2 aliphatic carbocycles. The molecule has 2 aliphatic rings. The van der Waals surface area contributed by atoms with Crippen LogP contribution in [0.3, 0.4) is 0 Å². The summed E-state index contributed by atoms with van der Waals surface area (Å²) in [6.45, 7) is 9.51. The Kier molecular flexibility index (Phi) is 8.55. The Morgan fingerprint density at radius 2 is 1.27 bits per heavy atom. The Bertz CT molecular complexity index is 1210. The molecule has 0 spiro atoms. The van der Waals surface area contributed by atoms with Gasteiger partial charge in [0.25, 0.3) is 0 Å². The van der Waals surface area contributed by atoms with Crippen molar-refractivity contribution in [2.45, 2.75) is 37.7 Å². The van der Waals surface area contributed by atoms with E-state index in [1.807, 2.05) is 0 Å². The molecule has 0 N–H and O–H groups in total. The van der Waals surface area contributed by atoms with Crippen molar-refractivity contribution in [3.63, 3.8) is 0 Å². The van der Waals surface area contributed by atoms with Gasteiger partial charge < -0.3 is 24.8 Å². The van der Waals surface area contributed by atoms with E-state index < -0.39 is 21.3 Å². The van der Waals surface area contributed by atoms with Crippen LogP contribution in [-0.4, -0.2) is 3.21 Å². The predicted octanol–water partition coefficient (Wildman–Crippen LogP) is 1.88. The average molecular weight is 553 g/mol. The molecule has 3 heteroatoms. The summed E-state index contributed by atoms with van der Waals surface area (Å²) in [7, 11) is 0. The molecular formula is C30H30Cl2Zr. The van der Waals surface area contributed by atoms with Gasteiger partial charge in [-0.05, 0) is 0 Å². The maximum Gasteiger partial charge on any atom is -1.00 e. The molecule has 0 radical (unpaired) electrons. The second-order valence-electron chi connectivity index (χ2n) is 8.90. The van der Waals surface area contributed by atoms with Gasteiger partial charge in [0.2, 0.25) is 0 Å². The van der Waals surface area contributed by atoms with Crippen LogP contribution < -0.4 is 24.8 Å². The first-order chi connectivity index (χ1) is 15.1. The zero-order chi connectivity index (χ0) is 21.5. The molecule has 3 aromatic rings. The Hall–Kier alpha value is -1.53. The molecule has 0 saturated heterocycles. The Morgan fingerprint density at radius 3 is 1.76 bits per heavy atom. The van der Waals surface area contributed by atoms with Crippen LogP contribution in [0.4, 0.5) is 0 Å². The first kappa shape index (κ1) is 26.1. The van der Waals surface area contributed by atoms with Crippen LogP contribution in [0.1, 0.15) is 54.4 Å². The molecule has 3 aromatic carbocycles. The van der Waals surface area contributed by atoms with Crippen LogP contribution in [0.5, 0.6) is 0 Å². The molecule has 33 heavy (non-hydrogen) atoms. The van der Waals surface area contributed by atoms with Crippen LogP contribution in [0.15, 0.2) is 99.4 Å². The summed E-state index contributed by atoms with van der Waals surface area (Å²) < 4.78 is 4.11. The molecule has 168 valence electrons. The third-order valence-electron chi connectivity index (χ3n) is 7.16. The fourth-order valence-corrected chi connectivity index (χ4v) is 15.9. The van der Waals surface area contributed by atoms with Gasteiger partial charge >= 0.3 is 195 Å². The van der Waals surface area contributed by atoms with Crippen molar-refractivity contribution < 1.29 is 46.1 Å². The van der Waals surface area contributed by atoms with Gasteiger partial charge in [-0.25, -0.2) is 0 Å². The number of fused-ring (bicyclic) bond motifs is 3. The van der Waals surface area contributed by atoms with Crippen molar-refractivity contribution in [1.29, 1.82) is 0 Å². The molecule has 0 bridgehead atoms. The van der Waals surface area contributed by atoms with Crippen LogP contribution in [0, 0.1) is 5.92 Å². The smallest absolute Gasteiger partial charge is 1.00 e. The predicted molar refractivity (Wildman–Crippen MR) is 130 cm³/mol. The van der Waals surface area contributed by atoms with Gasteiger partial charge in [0.15, 0.2) is 0 Å². The van der Waals surface area contributed by atoms with Gasteiger partial charge in [0, 0.05) is 0 Å². The van der Waals surface area contributed by atoms with Crippen molar-refractivity contribution in [2.24, 2.45) is 5.92 Å². The molecule has 0 aliphatic heterocycles. The monoisotopic (exact) mass is 550 g/mol. The molecule has 0 amide bonds. The third kappa shape index (κ3) is 4.45. The second-order valence-corrected chi connectivity index (χ2v) is 15.2. The number of rotatable bonds is 4. The van der Waals surface area contributed by atoms with Gasteiger partial charge in [-0.15, -0.1) is 0 Å². The Morgan fingerprint density at radius 1 is 0.758 bits per heavy atom. The zero-order valence-electron chi connectivity index (χ0n) is 19.7. The Balaban J connectivity index is 0.00000153. The van der Waals surface area contributed by atoms with Crippen molar-refractivity contribution in [1.82, 2.24) is 0 Å². The van der Waals surface area contributed by atoms with Crippen molar-refractivity contribution in [3.8, 4) is 11.1 Å². The van der Waals surface area contributed by atoms with Crippen molar-refractivity contribution in [2.75, 3.05) is 0 Å². The summed E-state index contributed by atoms with van der Waals surface area (Å²) in [6.07, 6.45) is 3.65. The number of hydrogen-bond acceptors (Lipinski definition) is 0.